The third-order valence-electron chi connectivity index (χ3n) is 2.86. The third-order valence-corrected chi connectivity index (χ3v) is 2.86. The summed E-state index contributed by atoms with van der Waals surface area (Å²) in [5.41, 5.74) is 6.57. The summed E-state index contributed by atoms with van der Waals surface area (Å²) < 4.78 is 5.05. The Balaban J connectivity index is 2.78. The highest BCUT2D eigenvalue weighted by atomic mass is 16.5. The van der Waals surface area contributed by atoms with E-state index in [1.165, 1.54) is 7.11 Å². The highest BCUT2D eigenvalue weighted by Gasteiger charge is 2.21. The molecule has 1 aromatic carbocycles. The number of nitrogens with two attached hydrogens (primary N) is 1. The minimum absolute atomic E-state index is 0.0760. The number of hydrogen-bond acceptors (Lipinski definition) is 4. The van der Waals surface area contributed by atoms with Crippen LogP contribution in [0.5, 0.6) is 0 Å². The Labute approximate surface area is 114 Å². The van der Waals surface area contributed by atoms with Crippen LogP contribution in [0.4, 0.5) is 0 Å². The van der Waals surface area contributed by atoms with E-state index in [1.807, 2.05) is 49.3 Å². The van der Waals surface area contributed by atoms with E-state index in [0.29, 0.717) is 0 Å². The summed E-state index contributed by atoms with van der Waals surface area (Å²) in [6.07, 6.45) is -0.603. The molecule has 0 spiro atoms. The molecule has 5 nitrogen and oxygen atoms in total. The van der Waals surface area contributed by atoms with Crippen LogP contribution in [0.1, 0.15) is 11.6 Å². The predicted octanol–water partition coefficient (Wildman–Crippen LogP) is 0.379. The number of carbonyl (C=O) groups is 1. The highest BCUT2D eigenvalue weighted by Crippen LogP contribution is 2.13. The minimum Gasteiger partial charge on any atom is -0.370 e. The summed E-state index contributed by atoms with van der Waals surface area (Å²) in [4.78, 5) is 14.1. The molecule has 0 saturated carbocycles. The molecule has 2 unspecified atom stereocenters. The first-order valence-electron chi connectivity index (χ1n) is 6.31. The van der Waals surface area contributed by atoms with Gasteiger partial charge in [0.2, 0.25) is 0 Å². The van der Waals surface area contributed by atoms with Crippen LogP contribution in [0.3, 0.4) is 0 Å². The number of ether oxygens (including phenoxy) is 1. The standard InChI is InChI=1S/C14H23N3O2/c1-17(2)10-12(11-7-5-4-6-8-11)16-14(18)13(9-15)19-3/h4-8,12-13H,9-10,15H2,1-3H3,(H,16,18). The molecular weight excluding hydrogens is 242 g/mol. The predicted molar refractivity (Wildman–Crippen MR) is 75.7 cm³/mol. The molecule has 0 aromatic heterocycles. The third kappa shape index (κ3) is 4.98. The van der Waals surface area contributed by atoms with Gasteiger partial charge in [-0.25, -0.2) is 0 Å². The normalized spacial score (nSPS) is 14.2. The number of rotatable bonds is 7. The zero-order valence-electron chi connectivity index (χ0n) is 11.8. The Bertz CT molecular complexity index is 378. The summed E-state index contributed by atoms with van der Waals surface area (Å²) in [5, 5.41) is 2.98. The van der Waals surface area contributed by atoms with Gasteiger partial charge in [-0.2, -0.15) is 0 Å². The Hall–Kier alpha value is -1.43. The van der Waals surface area contributed by atoms with Crippen LogP contribution in [0.15, 0.2) is 30.3 Å². The fourth-order valence-electron chi connectivity index (χ4n) is 1.86. The smallest absolute Gasteiger partial charge is 0.250 e. The SMILES string of the molecule is COC(CN)C(=O)NC(CN(C)C)c1ccccc1. The number of nitrogens with one attached hydrogen (secondary N) is 1. The van der Waals surface area contributed by atoms with Crippen molar-refractivity contribution in [2.45, 2.75) is 12.1 Å². The first-order valence-corrected chi connectivity index (χ1v) is 6.31. The van der Waals surface area contributed by atoms with Crippen molar-refractivity contribution >= 4 is 5.91 Å². The van der Waals surface area contributed by atoms with Crippen molar-refractivity contribution in [1.29, 1.82) is 0 Å². The Morgan fingerprint density at radius 3 is 2.47 bits per heavy atom. The molecule has 5 heteroatoms. The van der Waals surface area contributed by atoms with Crippen molar-refractivity contribution in [2.24, 2.45) is 5.73 Å². The maximum absolute atomic E-state index is 12.0. The molecule has 19 heavy (non-hydrogen) atoms. The zero-order valence-corrected chi connectivity index (χ0v) is 11.8. The van der Waals surface area contributed by atoms with Crippen LogP contribution < -0.4 is 11.1 Å². The van der Waals surface area contributed by atoms with Gasteiger partial charge >= 0.3 is 0 Å². The summed E-state index contributed by atoms with van der Waals surface area (Å²) in [7, 11) is 5.43. The van der Waals surface area contributed by atoms with Crippen LogP contribution in [-0.2, 0) is 9.53 Å². The monoisotopic (exact) mass is 265 g/mol. The molecule has 0 aliphatic heterocycles. The van der Waals surface area contributed by atoms with Gasteiger partial charge in [-0.05, 0) is 19.7 Å². The molecule has 0 fully saturated rings. The second kappa shape index (κ2) is 7.89. The number of hydrogen-bond donors (Lipinski definition) is 2. The van der Waals surface area contributed by atoms with E-state index < -0.39 is 6.10 Å². The molecule has 0 aliphatic rings. The quantitative estimate of drug-likeness (QED) is 0.748. The van der Waals surface area contributed by atoms with Gasteiger partial charge in [0.05, 0.1) is 6.04 Å². The van der Waals surface area contributed by atoms with Gasteiger partial charge in [0.1, 0.15) is 6.10 Å². The molecule has 1 amide bonds. The van der Waals surface area contributed by atoms with Gasteiger partial charge < -0.3 is 20.7 Å². The Morgan fingerprint density at radius 1 is 1.37 bits per heavy atom. The highest BCUT2D eigenvalue weighted by molar-refractivity contribution is 5.81. The van der Waals surface area contributed by atoms with Crippen molar-refractivity contribution in [3.05, 3.63) is 35.9 Å². The maximum atomic E-state index is 12.0. The minimum atomic E-state index is -0.603. The summed E-state index contributed by atoms with van der Waals surface area (Å²) in [6.45, 7) is 0.891. The van der Waals surface area contributed by atoms with Gasteiger partial charge in [0.15, 0.2) is 0 Å². The molecule has 1 aromatic rings. The average molecular weight is 265 g/mol. The number of likely N-dealkylation sites (N-methyl/N-ethyl adjacent to an activating group) is 1. The van der Waals surface area contributed by atoms with E-state index in [1.54, 1.807) is 0 Å². The van der Waals surface area contributed by atoms with Crippen LogP contribution in [0.2, 0.25) is 0 Å². The van der Waals surface area contributed by atoms with Crippen molar-refractivity contribution in [3.8, 4) is 0 Å². The molecular formula is C14H23N3O2. The van der Waals surface area contributed by atoms with Gasteiger partial charge in [-0.15, -0.1) is 0 Å². The van der Waals surface area contributed by atoms with Gasteiger partial charge in [-0.3, -0.25) is 4.79 Å². The topological polar surface area (TPSA) is 67.6 Å². The Morgan fingerprint density at radius 2 is 2.00 bits per heavy atom. The first kappa shape index (κ1) is 15.6. The number of benzene rings is 1. The van der Waals surface area contributed by atoms with E-state index in [2.05, 4.69) is 5.32 Å². The van der Waals surface area contributed by atoms with Crippen LogP contribution >= 0.6 is 0 Å². The summed E-state index contributed by atoms with van der Waals surface area (Å²) in [5.74, 6) is -0.180. The molecule has 3 N–H and O–H groups in total. The number of carbonyl (C=O) groups excluding carboxylic acids is 1. The van der Waals surface area contributed by atoms with E-state index in [0.717, 1.165) is 12.1 Å². The second-order valence-corrected chi connectivity index (χ2v) is 4.69. The molecule has 0 bridgehead atoms. The molecule has 106 valence electrons. The number of amides is 1. The lowest BCUT2D eigenvalue weighted by Gasteiger charge is -2.24. The molecule has 0 saturated heterocycles. The number of methoxy groups -OCH3 is 1. The van der Waals surface area contributed by atoms with Crippen molar-refractivity contribution in [1.82, 2.24) is 10.2 Å². The van der Waals surface area contributed by atoms with E-state index in [4.69, 9.17) is 10.5 Å². The molecule has 0 aliphatic carbocycles. The molecule has 0 heterocycles. The summed E-state index contributed by atoms with van der Waals surface area (Å²) in [6, 6.07) is 9.79. The van der Waals surface area contributed by atoms with Crippen molar-refractivity contribution < 1.29 is 9.53 Å². The zero-order chi connectivity index (χ0) is 14.3. The fourth-order valence-corrected chi connectivity index (χ4v) is 1.86. The number of nitrogens with zero attached hydrogens (tertiary/aromatic N) is 1. The summed E-state index contributed by atoms with van der Waals surface area (Å²) >= 11 is 0. The van der Waals surface area contributed by atoms with E-state index in [9.17, 15) is 4.79 Å². The van der Waals surface area contributed by atoms with Crippen LogP contribution in [-0.4, -0.2) is 51.2 Å². The van der Waals surface area contributed by atoms with Gasteiger partial charge in [0, 0.05) is 20.2 Å². The average Bonchev–Trinajstić information content (AvgIpc) is 2.40. The van der Waals surface area contributed by atoms with E-state index >= 15 is 0 Å². The molecule has 2 atom stereocenters. The van der Waals surface area contributed by atoms with E-state index in [-0.39, 0.29) is 18.5 Å². The lowest BCUT2D eigenvalue weighted by molar-refractivity contribution is -0.131. The molecule has 1 rings (SSSR count). The fraction of sp³-hybridized carbons (Fsp3) is 0.500. The Kier molecular flexibility index (Phi) is 6.49. The van der Waals surface area contributed by atoms with Crippen LogP contribution in [0.25, 0.3) is 0 Å². The molecule has 0 radical (unpaired) electrons. The maximum Gasteiger partial charge on any atom is 0.250 e. The second-order valence-electron chi connectivity index (χ2n) is 4.69. The van der Waals surface area contributed by atoms with Crippen molar-refractivity contribution in [2.75, 3.05) is 34.3 Å². The lowest BCUT2D eigenvalue weighted by Crippen LogP contribution is -2.44. The van der Waals surface area contributed by atoms with Crippen molar-refractivity contribution in [3.63, 3.8) is 0 Å². The lowest BCUT2D eigenvalue weighted by atomic mass is 10.1. The van der Waals surface area contributed by atoms with Crippen LogP contribution in [0, 0.1) is 0 Å². The van der Waals surface area contributed by atoms with Gasteiger partial charge in [-0.1, -0.05) is 30.3 Å². The largest absolute Gasteiger partial charge is 0.370 e. The first-order chi connectivity index (χ1) is 9.08. The van der Waals surface area contributed by atoms with Gasteiger partial charge in [0.25, 0.3) is 5.91 Å².